The molecule has 1 N–H and O–H groups in total. The van der Waals surface area contributed by atoms with Crippen LogP contribution in [0.15, 0.2) is 17.3 Å². The highest BCUT2D eigenvalue weighted by Crippen LogP contribution is 2.14. The van der Waals surface area contributed by atoms with E-state index in [9.17, 15) is 9.59 Å². The molecule has 1 saturated carbocycles. The van der Waals surface area contributed by atoms with Crippen molar-refractivity contribution in [2.24, 2.45) is 5.16 Å². The van der Waals surface area contributed by atoms with Gasteiger partial charge in [-0.1, -0.05) is 11.6 Å². The van der Waals surface area contributed by atoms with E-state index in [1.807, 2.05) is 0 Å². The molecule has 0 aliphatic heterocycles. The summed E-state index contributed by atoms with van der Waals surface area (Å²) in [6, 6.07) is 0. The van der Waals surface area contributed by atoms with Crippen molar-refractivity contribution >= 4 is 17.7 Å². The van der Waals surface area contributed by atoms with Gasteiger partial charge in [-0.3, -0.25) is 0 Å². The second-order valence-corrected chi connectivity index (χ2v) is 4.43. The maximum atomic E-state index is 11.2. The number of aliphatic carboxylic acids is 1. The van der Waals surface area contributed by atoms with Crippen LogP contribution < -0.4 is 0 Å². The molecule has 0 aromatic rings. The van der Waals surface area contributed by atoms with Crippen LogP contribution in [-0.2, 0) is 19.2 Å². The van der Waals surface area contributed by atoms with Crippen LogP contribution in [0, 0.1) is 0 Å². The van der Waals surface area contributed by atoms with Gasteiger partial charge < -0.3 is 14.7 Å². The van der Waals surface area contributed by atoms with Crippen molar-refractivity contribution in [2.75, 3.05) is 6.61 Å². The summed E-state index contributed by atoms with van der Waals surface area (Å²) in [6.45, 7) is 1.82. The molecule has 0 saturated heterocycles. The van der Waals surface area contributed by atoms with Crippen molar-refractivity contribution in [1.29, 1.82) is 0 Å². The van der Waals surface area contributed by atoms with Crippen LogP contribution in [0.3, 0.4) is 0 Å². The Morgan fingerprint density at radius 1 is 1.32 bits per heavy atom. The highest BCUT2D eigenvalue weighted by Gasteiger charge is 2.10. The van der Waals surface area contributed by atoms with Gasteiger partial charge in [0.2, 0.25) is 0 Å². The van der Waals surface area contributed by atoms with Crippen LogP contribution in [-0.4, -0.2) is 35.5 Å². The summed E-state index contributed by atoms with van der Waals surface area (Å²) in [5, 5.41) is 12.4. The van der Waals surface area contributed by atoms with Gasteiger partial charge in [-0.25, -0.2) is 9.59 Å². The molecule has 0 amide bonds. The molecule has 1 fully saturated rings. The molecule has 1 atom stereocenters. The van der Waals surface area contributed by atoms with Gasteiger partial charge in [0, 0.05) is 12.2 Å². The van der Waals surface area contributed by atoms with Crippen molar-refractivity contribution < 1.29 is 24.3 Å². The van der Waals surface area contributed by atoms with Crippen molar-refractivity contribution in [2.45, 2.75) is 45.1 Å². The molecule has 0 aromatic carbocycles. The second-order valence-electron chi connectivity index (χ2n) is 4.43. The first-order valence-corrected chi connectivity index (χ1v) is 6.37. The Morgan fingerprint density at radius 3 is 2.63 bits per heavy atom. The summed E-state index contributed by atoms with van der Waals surface area (Å²) >= 11 is 0. The number of carboxylic acids is 1. The van der Waals surface area contributed by atoms with E-state index in [2.05, 4.69) is 5.16 Å². The summed E-state index contributed by atoms with van der Waals surface area (Å²) in [5.74, 6) is -1.90. The lowest BCUT2D eigenvalue weighted by atomic mass is 9.99. The van der Waals surface area contributed by atoms with E-state index in [0.29, 0.717) is 0 Å². The molecule has 6 heteroatoms. The molecular weight excluding hydrogens is 250 g/mol. The maximum Gasteiger partial charge on any atom is 0.331 e. The molecule has 0 spiro atoms. The van der Waals surface area contributed by atoms with Crippen molar-refractivity contribution in [3.05, 3.63) is 12.2 Å². The fourth-order valence-corrected chi connectivity index (χ4v) is 1.70. The third-order valence-corrected chi connectivity index (χ3v) is 2.61. The zero-order valence-corrected chi connectivity index (χ0v) is 11.0. The number of hydrogen-bond acceptors (Lipinski definition) is 5. The average molecular weight is 269 g/mol. The minimum atomic E-state index is -1.19. The standard InChI is InChI=1S/C13H19NO5/c1-10(19-13(17)8-7-12(15)16)9-18-14-11-5-3-2-4-6-11/h7-8,10H,2-6,9H2,1H3,(H,15,16)/b8-7-. The molecule has 1 aliphatic carbocycles. The second kappa shape index (κ2) is 8.29. The monoisotopic (exact) mass is 269 g/mol. The predicted molar refractivity (Wildman–Crippen MR) is 68.8 cm³/mol. The summed E-state index contributed by atoms with van der Waals surface area (Å²) in [6.07, 6.45) is 6.59. The zero-order valence-electron chi connectivity index (χ0n) is 11.0. The lowest BCUT2D eigenvalue weighted by molar-refractivity contribution is -0.145. The van der Waals surface area contributed by atoms with Crippen LogP contribution in [0.4, 0.5) is 0 Å². The van der Waals surface area contributed by atoms with Gasteiger partial charge >= 0.3 is 11.9 Å². The summed E-state index contributed by atoms with van der Waals surface area (Å²) in [7, 11) is 0. The van der Waals surface area contributed by atoms with Crippen molar-refractivity contribution in [1.82, 2.24) is 0 Å². The van der Waals surface area contributed by atoms with Crippen LogP contribution in [0.1, 0.15) is 39.0 Å². The molecule has 1 aliphatic rings. The number of rotatable bonds is 6. The molecule has 1 rings (SSSR count). The van der Waals surface area contributed by atoms with Crippen LogP contribution in [0.5, 0.6) is 0 Å². The highest BCUT2D eigenvalue weighted by atomic mass is 16.6. The van der Waals surface area contributed by atoms with Crippen LogP contribution >= 0.6 is 0 Å². The summed E-state index contributed by atoms with van der Waals surface area (Å²) in [5.41, 5.74) is 1.05. The number of carbonyl (C=O) groups is 2. The average Bonchev–Trinajstić information content (AvgIpc) is 2.37. The molecule has 0 radical (unpaired) electrons. The van der Waals surface area contributed by atoms with E-state index in [-0.39, 0.29) is 6.61 Å². The minimum Gasteiger partial charge on any atom is -0.478 e. The Balaban J connectivity index is 2.21. The number of hydrogen-bond donors (Lipinski definition) is 1. The SMILES string of the molecule is CC(CON=C1CCCCC1)OC(=O)/C=C\C(=O)O. The van der Waals surface area contributed by atoms with Gasteiger partial charge in [0.1, 0.15) is 6.10 Å². The fraction of sp³-hybridized carbons (Fsp3) is 0.615. The van der Waals surface area contributed by atoms with Gasteiger partial charge in [0.15, 0.2) is 6.61 Å². The molecule has 0 aromatic heterocycles. The van der Waals surface area contributed by atoms with Crippen LogP contribution in [0.25, 0.3) is 0 Å². The summed E-state index contributed by atoms with van der Waals surface area (Å²) < 4.78 is 4.91. The van der Waals surface area contributed by atoms with E-state index < -0.39 is 18.0 Å². The molecule has 0 bridgehead atoms. The number of carboxylic acid groups (broad SMARTS) is 1. The summed E-state index contributed by atoms with van der Waals surface area (Å²) in [4.78, 5) is 26.5. The third kappa shape index (κ3) is 7.23. The molecule has 0 heterocycles. The number of oxime groups is 1. The molecule has 106 valence electrons. The number of ether oxygens (including phenoxy) is 1. The number of carbonyl (C=O) groups excluding carboxylic acids is 1. The van der Waals surface area contributed by atoms with Gasteiger partial charge in [0.05, 0.1) is 5.71 Å². The van der Waals surface area contributed by atoms with E-state index in [0.717, 1.165) is 43.5 Å². The predicted octanol–water partition coefficient (Wildman–Crippen LogP) is 1.90. The molecular formula is C13H19NO5. The van der Waals surface area contributed by atoms with Gasteiger partial charge in [-0.15, -0.1) is 0 Å². The lowest BCUT2D eigenvalue weighted by Crippen LogP contribution is -2.19. The van der Waals surface area contributed by atoms with Gasteiger partial charge in [-0.2, -0.15) is 0 Å². The first kappa shape index (κ1) is 15.2. The Bertz CT molecular complexity index is 367. The van der Waals surface area contributed by atoms with Gasteiger partial charge in [-0.05, 0) is 32.6 Å². The van der Waals surface area contributed by atoms with Crippen LogP contribution in [0.2, 0.25) is 0 Å². The Hall–Kier alpha value is -1.85. The van der Waals surface area contributed by atoms with E-state index in [1.54, 1.807) is 6.92 Å². The fourth-order valence-electron chi connectivity index (χ4n) is 1.70. The number of nitrogens with zero attached hydrogens (tertiary/aromatic N) is 1. The smallest absolute Gasteiger partial charge is 0.331 e. The first-order valence-electron chi connectivity index (χ1n) is 6.37. The number of esters is 1. The van der Waals surface area contributed by atoms with Crippen molar-refractivity contribution in [3.63, 3.8) is 0 Å². The van der Waals surface area contributed by atoms with E-state index >= 15 is 0 Å². The maximum absolute atomic E-state index is 11.2. The Morgan fingerprint density at radius 2 is 2.00 bits per heavy atom. The Labute approximate surface area is 112 Å². The zero-order chi connectivity index (χ0) is 14.1. The lowest BCUT2D eigenvalue weighted by Gasteiger charge is -2.13. The highest BCUT2D eigenvalue weighted by molar-refractivity contribution is 5.90. The molecule has 1 unspecified atom stereocenters. The Kier molecular flexibility index (Phi) is 6.63. The van der Waals surface area contributed by atoms with E-state index in [1.165, 1.54) is 6.42 Å². The first-order chi connectivity index (χ1) is 9.08. The van der Waals surface area contributed by atoms with E-state index in [4.69, 9.17) is 14.7 Å². The minimum absolute atomic E-state index is 0.163. The molecule has 19 heavy (non-hydrogen) atoms. The largest absolute Gasteiger partial charge is 0.478 e. The third-order valence-electron chi connectivity index (χ3n) is 2.61. The van der Waals surface area contributed by atoms with Gasteiger partial charge in [0.25, 0.3) is 0 Å². The topological polar surface area (TPSA) is 85.2 Å². The molecule has 6 nitrogen and oxygen atoms in total. The van der Waals surface area contributed by atoms with Crippen molar-refractivity contribution in [3.8, 4) is 0 Å². The normalized spacial score (nSPS) is 17.0. The quantitative estimate of drug-likeness (QED) is 0.452.